The molecule has 1 aromatic rings. The van der Waals surface area contributed by atoms with Crippen molar-refractivity contribution < 1.29 is 17.9 Å². The molecule has 1 heterocycles. The molecule has 0 unspecified atom stereocenters. The first kappa shape index (κ1) is 13.1. The van der Waals surface area contributed by atoms with Gasteiger partial charge >= 0.3 is 0 Å². The van der Waals surface area contributed by atoms with Crippen LogP contribution in [-0.4, -0.2) is 27.4 Å². The molecule has 1 aliphatic heterocycles. The summed E-state index contributed by atoms with van der Waals surface area (Å²) >= 11 is 5.77. The zero-order chi connectivity index (χ0) is 12.5. The summed E-state index contributed by atoms with van der Waals surface area (Å²) in [5.41, 5.74) is 0.587. The Hall–Kier alpha value is -0.330. The van der Waals surface area contributed by atoms with Gasteiger partial charge in [-0.3, -0.25) is 0 Å². The van der Waals surface area contributed by atoms with Gasteiger partial charge in [0.25, 0.3) is 0 Å². The van der Waals surface area contributed by atoms with Crippen molar-refractivity contribution >= 4 is 31.3 Å². The van der Waals surface area contributed by atoms with E-state index in [4.69, 9.17) is 31.8 Å². The van der Waals surface area contributed by atoms with Crippen LogP contribution in [0.15, 0.2) is 24.3 Å². The van der Waals surface area contributed by atoms with Gasteiger partial charge in [0.1, 0.15) is 5.75 Å². The quantitative estimate of drug-likeness (QED) is 0.802. The maximum Gasteiger partial charge on any atom is 0.238 e. The molecule has 2 rings (SSSR count). The van der Waals surface area contributed by atoms with E-state index in [-0.39, 0.29) is 0 Å². The predicted molar refractivity (Wildman–Crippen MR) is 64.7 cm³/mol. The van der Waals surface area contributed by atoms with Crippen LogP contribution in [0, 0.1) is 0 Å². The van der Waals surface area contributed by atoms with Crippen LogP contribution in [-0.2, 0) is 24.3 Å². The Morgan fingerprint density at radius 3 is 2.18 bits per heavy atom. The van der Waals surface area contributed by atoms with Gasteiger partial charge in [0.05, 0.1) is 13.2 Å². The standard InChI is InChI=1S/C10H10Cl2O4S/c11-9-3-1-8(2-4-9)10(7-17(12,13)14)15-5-6-16-10/h1-4H,5-7H2. The molecule has 1 saturated heterocycles. The SMILES string of the molecule is O=S(=O)(Cl)CC1(c2ccc(Cl)cc2)OCCO1. The smallest absolute Gasteiger partial charge is 0.238 e. The van der Waals surface area contributed by atoms with E-state index in [1.54, 1.807) is 24.3 Å². The lowest BCUT2D eigenvalue weighted by atomic mass is 10.1. The van der Waals surface area contributed by atoms with Crippen molar-refractivity contribution in [2.45, 2.75) is 5.79 Å². The normalized spacial score (nSPS) is 19.4. The van der Waals surface area contributed by atoms with Gasteiger partial charge in [-0.25, -0.2) is 8.42 Å². The van der Waals surface area contributed by atoms with Gasteiger partial charge in [-0.15, -0.1) is 0 Å². The molecule has 0 spiro atoms. The van der Waals surface area contributed by atoms with E-state index in [2.05, 4.69) is 0 Å². The van der Waals surface area contributed by atoms with Crippen molar-refractivity contribution in [2.24, 2.45) is 0 Å². The first-order valence-electron chi connectivity index (χ1n) is 4.88. The Bertz CT molecular complexity index is 492. The van der Waals surface area contributed by atoms with Gasteiger partial charge in [0.2, 0.25) is 14.8 Å². The molecule has 0 amide bonds. The predicted octanol–water partition coefficient (Wildman–Crippen LogP) is 2.11. The highest BCUT2D eigenvalue weighted by atomic mass is 35.7. The Balaban J connectivity index is 2.37. The first-order valence-corrected chi connectivity index (χ1v) is 7.73. The first-order chi connectivity index (χ1) is 7.91. The third kappa shape index (κ3) is 3.11. The van der Waals surface area contributed by atoms with E-state index in [0.29, 0.717) is 23.8 Å². The second-order valence-electron chi connectivity index (χ2n) is 3.64. The summed E-state index contributed by atoms with van der Waals surface area (Å²) < 4.78 is 33.3. The third-order valence-corrected chi connectivity index (χ3v) is 3.70. The van der Waals surface area contributed by atoms with Crippen LogP contribution >= 0.6 is 22.3 Å². The molecule has 0 aromatic heterocycles. The number of hydrogen-bond acceptors (Lipinski definition) is 4. The van der Waals surface area contributed by atoms with E-state index in [9.17, 15) is 8.42 Å². The molecule has 7 heteroatoms. The summed E-state index contributed by atoms with van der Waals surface area (Å²) in [7, 11) is 1.54. The van der Waals surface area contributed by atoms with Crippen LogP contribution in [0.4, 0.5) is 0 Å². The largest absolute Gasteiger partial charge is 0.343 e. The highest BCUT2D eigenvalue weighted by Crippen LogP contribution is 2.34. The average Bonchev–Trinajstić information content (AvgIpc) is 2.65. The molecule has 17 heavy (non-hydrogen) atoms. The van der Waals surface area contributed by atoms with E-state index < -0.39 is 20.6 Å². The maximum atomic E-state index is 11.2. The second-order valence-corrected chi connectivity index (χ2v) is 6.85. The van der Waals surface area contributed by atoms with Gasteiger partial charge in [0, 0.05) is 21.3 Å². The Labute approximate surface area is 109 Å². The van der Waals surface area contributed by atoms with Gasteiger partial charge in [-0.1, -0.05) is 23.7 Å². The van der Waals surface area contributed by atoms with E-state index in [1.165, 1.54) is 0 Å². The van der Waals surface area contributed by atoms with Crippen LogP contribution in [0.25, 0.3) is 0 Å². The zero-order valence-electron chi connectivity index (χ0n) is 8.73. The van der Waals surface area contributed by atoms with Gasteiger partial charge < -0.3 is 9.47 Å². The monoisotopic (exact) mass is 296 g/mol. The van der Waals surface area contributed by atoms with Gasteiger partial charge in [0.15, 0.2) is 0 Å². The summed E-state index contributed by atoms with van der Waals surface area (Å²) in [5.74, 6) is -1.74. The Morgan fingerprint density at radius 1 is 1.18 bits per heavy atom. The molecule has 0 bridgehead atoms. The molecular formula is C10H10Cl2O4S. The summed E-state index contributed by atoms with van der Waals surface area (Å²) in [6, 6.07) is 6.61. The van der Waals surface area contributed by atoms with Gasteiger partial charge in [-0.2, -0.15) is 0 Å². The van der Waals surface area contributed by atoms with E-state index in [1.807, 2.05) is 0 Å². The Kier molecular flexibility index (Phi) is 3.66. The lowest BCUT2D eigenvalue weighted by Gasteiger charge is -2.26. The average molecular weight is 297 g/mol. The summed E-state index contributed by atoms with van der Waals surface area (Å²) in [6.45, 7) is 0.657. The zero-order valence-corrected chi connectivity index (χ0v) is 11.1. The topological polar surface area (TPSA) is 52.6 Å². The van der Waals surface area contributed by atoms with Crippen molar-refractivity contribution in [1.29, 1.82) is 0 Å². The highest BCUT2D eigenvalue weighted by molar-refractivity contribution is 8.13. The second kappa shape index (κ2) is 4.74. The number of rotatable bonds is 3. The summed E-state index contributed by atoms with van der Waals surface area (Å²) in [5, 5.41) is 0.552. The van der Waals surface area contributed by atoms with Crippen molar-refractivity contribution in [1.82, 2.24) is 0 Å². The van der Waals surface area contributed by atoms with Crippen LogP contribution in [0.1, 0.15) is 5.56 Å². The van der Waals surface area contributed by atoms with Crippen LogP contribution in [0.2, 0.25) is 5.02 Å². The van der Waals surface area contributed by atoms with Crippen molar-refractivity contribution in [3.63, 3.8) is 0 Å². The maximum absolute atomic E-state index is 11.2. The molecule has 0 radical (unpaired) electrons. The molecule has 94 valence electrons. The van der Waals surface area contributed by atoms with E-state index in [0.717, 1.165) is 0 Å². The van der Waals surface area contributed by atoms with Crippen LogP contribution in [0.3, 0.4) is 0 Å². The molecule has 0 atom stereocenters. The van der Waals surface area contributed by atoms with Crippen molar-refractivity contribution in [3.8, 4) is 0 Å². The van der Waals surface area contributed by atoms with Crippen LogP contribution < -0.4 is 0 Å². The molecule has 1 aromatic carbocycles. The number of halogens is 2. The molecule has 1 aliphatic rings. The summed E-state index contributed by atoms with van der Waals surface area (Å²) in [6.07, 6.45) is 0. The lowest BCUT2D eigenvalue weighted by Crippen LogP contribution is -2.34. The minimum atomic E-state index is -3.74. The molecule has 4 nitrogen and oxygen atoms in total. The molecule has 1 fully saturated rings. The number of hydrogen-bond donors (Lipinski definition) is 0. The number of ether oxygens (including phenoxy) is 2. The molecule has 0 N–H and O–H groups in total. The van der Waals surface area contributed by atoms with Crippen molar-refractivity contribution in [3.05, 3.63) is 34.9 Å². The van der Waals surface area contributed by atoms with Crippen LogP contribution in [0.5, 0.6) is 0 Å². The third-order valence-electron chi connectivity index (χ3n) is 2.40. The van der Waals surface area contributed by atoms with Crippen molar-refractivity contribution in [2.75, 3.05) is 19.0 Å². The fourth-order valence-corrected chi connectivity index (χ4v) is 3.06. The van der Waals surface area contributed by atoms with E-state index >= 15 is 0 Å². The Morgan fingerprint density at radius 2 is 1.71 bits per heavy atom. The fraction of sp³-hybridized carbons (Fsp3) is 0.400. The molecular weight excluding hydrogens is 287 g/mol. The minimum absolute atomic E-state index is 0.328. The lowest BCUT2D eigenvalue weighted by molar-refractivity contribution is -0.146. The minimum Gasteiger partial charge on any atom is -0.343 e. The fourth-order valence-electron chi connectivity index (χ4n) is 1.72. The molecule has 0 saturated carbocycles. The molecule has 0 aliphatic carbocycles. The number of benzene rings is 1. The summed E-state index contributed by atoms with van der Waals surface area (Å²) in [4.78, 5) is 0. The highest BCUT2D eigenvalue weighted by Gasteiger charge is 2.42. The van der Waals surface area contributed by atoms with Gasteiger partial charge in [-0.05, 0) is 12.1 Å².